The molecular weight excluding hydrogens is 314 g/mol. The predicted octanol–water partition coefficient (Wildman–Crippen LogP) is 3.19. The molecule has 1 aliphatic heterocycles. The number of aryl methyl sites for hydroxylation is 1. The van der Waals surface area contributed by atoms with E-state index in [0.29, 0.717) is 32.5 Å². The lowest BCUT2D eigenvalue weighted by atomic mass is 9.89. The van der Waals surface area contributed by atoms with Crippen LogP contribution < -0.4 is 5.32 Å². The van der Waals surface area contributed by atoms with Crippen LogP contribution in [0.1, 0.15) is 34.5 Å². The van der Waals surface area contributed by atoms with E-state index in [1.807, 2.05) is 49.4 Å². The van der Waals surface area contributed by atoms with Crippen molar-refractivity contribution in [3.8, 4) is 0 Å². The van der Waals surface area contributed by atoms with Gasteiger partial charge in [0, 0.05) is 30.8 Å². The number of rotatable bonds is 4. The number of hydrogen-bond acceptors (Lipinski definition) is 3. The fraction of sp³-hybridized carbons (Fsp3) is 0.350. The number of aromatic nitrogens is 1. The molecule has 0 aliphatic carbocycles. The van der Waals surface area contributed by atoms with Crippen molar-refractivity contribution in [3.63, 3.8) is 0 Å². The van der Waals surface area contributed by atoms with E-state index in [1.54, 1.807) is 11.1 Å². The summed E-state index contributed by atoms with van der Waals surface area (Å²) in [6.07, 6.45) is 3.14. The number of benzene rings is 1. The summed E-state index contributed by atoms with van der Waals surface area (Å²) in [5.74, 6) is 0.191. The number of ketones is 1. The van der Waals surface area contributed by atoms with Crippen molar-refractivity contribution in [1.29, 1.82) is 0 Å². The van der Waals surface area contributed by atoms with Crippen LogP contribution >= 0.6 is 0 Å². The second-order valence-electron chi connectivity index (χ2n) is 6.47. The van der Waals surface area contributed by atoms with Crippen molar-refractivity contribution in [2.45, 2.75) is 26.3 Å². The molecule has 0 unspecified atom stereocenters. The van der Waals surface area contributed by atoms with Gasteiger partial charge in [-0.1, -0.05) is 35.9 Å². The van der Waals surface area contributed by atoms with Crippen molar-refractivity contribution in [2.24, 2.45) is 5.92 Å². The zero-order valence-electron chi connectivity index (χ0n) is 14.4. The van der Waals surface area contributed by atoms with Gasteiger partial charge in [-0.25, -0.2) is 4.79 Å². The Morgan fingerprint density at radius 3 is 2.48 bits per heavy atom. The molecule has 1 aromatic carbocycles. The maximum Gasteiger partial charge on any atom is 0.317 e. The first kappa shape index (κ1) is 17.1. The number of pyridine rings is 1. The van der Waals surface area contributed by atoms with Gasteiger partial charge in [-0.2, -0.15) is 0 Å². The zero-order chi connectivity index (χ0) is 17.6. The first-order valence-electron chi connectivity index (χ1n) is 8.67. The number of piperidine rings is 1. The summed E-state index contributed by atoms with van der Waals surface area (Å²) in [6, 6.07) is 13.3. The van der Waals surface area contributed by atoms with E-state index in [0.717, 1.165) is 16.8 Å². The monoisotopic (exact) mass is 337 g/mol. The molecule has 5 heteroatoms. The second kappa shape index (κ2) is 7.92. The zero-order valence-corrected chi connectivity index (χ0v) is 14.4. The number of urea groups is 1. The topological polar surface area (TPSA) is 62.3 Å². The Hall–Kier alpha value is -2.69. The van der Waals surface area contributed by atoms with Gasteiger partial charge in [0.1, 0.15) is 0 Å². The normalized spacial score (nSPS) is 15.0. The number of hydrogen-bond donors (Lipinski definition) is 1. The van der Waals surface area contributed by atoms with E-state index in [-0.39, 0.29) is 17.7 Å². The van der Waals surface area contributed by atoms with Crippen LogP contribution in [0.2, 0.25) is 0 Å². The van der Waals surface area contributed by atoms with Gasteiger partial charge in [-0.05, 0) is 31.9 Å². The molecule has 1 aromatic heterocycles. The van der Waals surface area contributed by atoms with Crippen LogP contribution in [0.15, 0.2) is 48.7 Å². The summed E-state index contributed by atoms with van der Waals surface area (Å²) in [7, 11) is 0. The molecule has 130 valence electrons. The number of likely N-dealkylation sites (tertiary alicyclic amines) is 1. The van der Waals surface area contributed by atoms with Crippen LogP contribution in [0.4, 0.5) is 4.79 Å². The fourth-order valence-corrected chi connectivity index (χ4v) is 3.08. The molecule has 3 rings (SSSR count). The predicted molar refractivity (Wildman–Crippen MR) is 96.3 cm³/mol. The molecule has 0 spiro atoms. The third kappa shape index (κ3) is 4.44. The molecule has 1 N–H and O–H groups in total. The average molecular weight is 337 g/mol. The first-order chi connectivity index (χ1) is 12.1. The molecule has 1 saturated heterocycles. The molecule has 0 bridgehead atoms. The summed E-state index contributed by atoms with van der Waals surface area (Å²) in [4.78, 5) is 30.8. The standard InChI is InChI=1S/C20H23N3O2/c1-15-5-7-16(8-6-15)19(24)17-9-12-23(13-10-17)20(25)22-14-18-4-2-3-11-21-18/h2-8,11,17H,9-10,12-14H2,1H3,(H,22,25). The number of carbonyl (C=O) groups is 2. The lowest BCUT2D eigenvalue weighted by molar-refractivity contribution is 0.0854. The van der Waals surface area contributed by atoms with Crippen molar-refractivity contribution in [3.05, 3.63) is 65.5 Å². The van der Waals surface area contributed by atoms with E-state index >= 15 is 0 Å². The molecule has 5 nitrogen and oxygen atoms in total. The highest BCUT2D eigenvalue weighted by Gasteiger charge is 2.27. The highest BCUT2D eigenvalue weighted by molar-refractivity contribution is 5.98. The van der Waals surface area contributed by atoms with Crippen molar-refractivity contribution in [2.75, 3.05) is 13.1 Å². The number of carbonyl (C=O) groups excluding carboxylic acids is 2. The van der Waals surface area contributed by atoms with Gasteiger partial charge in [0.2, 0.25) is 0 Å². The first-order valence-corrected chi connectivity index (χ1v) is 8.67. The van der Waals surface area contributed by atoms with Crippen LogP contribution in [0.5, 0.6) is 0 Å². The Morgan fingerprint density at radius 2 is 1.84 bits per heavy atom. The highest BCUT2D eigenvalue weighted by Crippen LogP contribution is 2.22. The van der Waals surface area contributed by atoms with E-state index in [4.69, 9.17) is 0 Å². The van der Waals surface area contributed by atoms with Crippen LogP contribution in [0.25, 0.3) is 0 Å². The van der Waals surface area contributed by atoms with E-state index in [9.17, 15) is 9.59 Å². The smallest absolute Gasteiger partial charge is 0.317 e. The fourth-order valence-electron chi connectivity index (χ4n) is 3.08. The average Bonchev–Trinajstić information content (AvgIpc) is 2.67. The third-order valence-electron chi connectivity index (χ3n) is 4.64. The summed E-state index contributed by atoms with van der Waals surface area (Å²) in [5, 5.41) is 2.89. The molecule has 25 heavy (non-hydrogen) atoms. The van der Waals surface area contributed by atoms with Gasteiger partial charge < -0.3 is 10.2 Å². The summed E-state index contributed by atoms with van der Waals surface area (Å²) >= 11 is 0. The maximum atomic E-state index is 12.6. The largest absolute Gasteiger partial charge is 0.332 e. The van der Waals surface area contributed by atoms with Gasteiger partial charge in [-0.15, -0.1) is 0 Å². The lowest BCUT2D eigenvalue weighted by Gasteiger charge is -2.31. The minimum absolute atomic E-state index is 0.00236. The molecular formula is C20H23N3O2. The van der Waals surface area contributed by atoms with Gasteiger partial charge in [0.25, 0.3) is 0 Å². The number of nitrogens with one attached hydrogen (secondary N) is 1. The molecule has 2 heterocycles. The highest BCUT2D eigenvalue weighted by atomic mass is 16.2. The SMILES string of the molecule is Cc1ccc(C(=O)C2CCN(C(=O)NCc3ccccn3)CC2)cc1. The molecule has 0 radical (unpaired) electrons. The number of Topliss-reactive ketones (excluding diaryl/α,β-unsaturated/α-hetero) is 1. The van der Waals surface area contributed by atoms with Gasteiger partial charge >= 0.3 is 6.03 Å². The van der Waals surface area contributed by atoms with E-state index < -0.39 is 0 Å². The number of nitrogens with zero attached hydrogens (tertiary/aromatic N) is 2. The molecule has 1 aliphatic rings. The van der Waals surface area contributed by atoms with Gasteiger partial charge in [0.05, 0.1) is 12.2 Å². The minimum atomic E-state index is -0.0908. The Kier molecular flexibility index (Phi) is 5.43. The van der Waals surface area contributed by atoms with Crippen molar-refractivity contribution >= 4 is 11.8 Å². The van der Waals surface area contributed by atoms with Crippen LogP contribution in [0.3, 0.4) is 0 Å². The quantitative estimate of drug-likeness (QED) is 0.872. The Morgan fingerprint density at radius 1 is 1.12 bits per heavy atom. The summed E-state index contributed by atoms with van der Waals surface area (Å²) < 4.78 is 0. The van der Waals surface area contributed by atoms with Crippen molar-refractivity contribution in [1.82, 2.24) is 15.2 Å². The molecule has 2 amide bonds. The Labute approximate surface area is 148 Å². The molecule has 0 atom stereocenters. The Balaban J connectivity index is 1.48. The molecule has 1 fully saturated rings. The van der Waals surface area contributed by atoms with Gasteiger partial charge in [0.15, 0.2) is 5.78 Å². The number of amides is 2. The van der Waals surface area contributed by atoms with Crippen LogP contribution in [0, 0.1) is 12.8 Å². The lowest BCUT2D eigenvalue weighted by Crippen LogP contribution is -2.45. The van der Waals surface area contributed by atoms with Gasteiger partial charge in [-0.3, -0.25) is 9.78 Å². The van der Waals surface area contributed by atoms with Crippen LogP contribution in [-0.2, 0) is 6.54 Å². The maximum absolute atomic E-state index is 12.6. The molecule has 2 aromatic rings. The summed E-state index contributed by atoms with van der Waals surface area (Å²) in [6.45, 7) is 3.64. The van der Waals surface area contributed by atoms with E-state index in [2.05, 4.69) is 10.3 Å². The van der Waals surface area contributed by atoms with Crippen LogP contribution in [-0.4, -0.2) is 34.8 Å². The minimum Gasteiger partial charge on any atom is -0.332 e. The van der Waals surface area contributed by atoms with E-state index in [1.165, 1.54) is 0 Å². The van der Waals surface area contributed by atoms with Crippen molar-refractivity contribution < 1.29 is 9.59 Å². The Bertz CT molecular complexity index is 720. The second-order valence-corrected chi connectivity index (χ2v) is 6.47. The molecule has 0 saturated carbocycles. The third-order valence-corrected chi connectivity index (χ3v) is 4.64. The summed E-state index contributed by atoms with van der Waals surface area (Å²) in [5.41, 5.74) is 2.75.